The first kappa shape index (κ1) is 28.8. The van der Waals surface area contributed by atoms with E-state index in [0.29, 0.717) is 39.9 Å². The molecule has 4 N–H and O–H groups in total. The molecule has 2 aromatic carbocycles. The van der Waals surface area contributed by atoms with Crippen LogP contribution in [0.25, 0.3) is 0 Å². The predicted molar refractivity (Wildman–Crippen MR) is 150 cm³/mol. The minimum Gasteiger partial charge on any atom is -0.508 e. The number of methoxy groups -OCH3 is 2. The molecule has 11 heteroatoms. The van der Waals surface area contributed by atoms with E-state index in [1.54, 1.807) is 31.4 Å². The summed E-state index contributed by atoms with van der Waals surface area (Å²) in [7, 11) is 3.06. The van der Waals surface area contributed by atoms with Crippen molar-refractivity contribution in [1.82, 2.24) is 9.97 Å². The van der Waals surface area contributed by atoms with Crippen LogP contribution in [-0.4, -0.2) is 34.4 Å². The number of phenols is 2. The summed E-state index contributed by atoms with van der Waals surface area (Å²) in [5.41, 5.74) is 3.87. The highest BCUT2D eigenvalue weighted by Crippen LogP contribution is 2.25. The molecule has 200 valence electrons. The number of halogens is 3. The molecule has 0 fully saturated rings. The lowest BCUT2D eigenvalue weighted by Crippen LogP contribution is -2.01. The summed E-state index contributed by atoms with van der Waals surface area (Å²) in [6.45, 7) is 2.74. The molecular formula is C27H27BrClFN4O4. The molecular weight excluding hydrogens is 579 g/mol. The van der Waals surface area contributed by atoms with Gasteiger partial charge in [-0.05, 0) is 64.8 Å². The second-order valence-corrected chi connectivity index (χ2v) is 9.25. The Balaban J connectivity index is 0.000000211. The Morgan fingerprint density at radius 2 is 1.45 bits per heavy atom. The van der Waals surface area contributed by atoms with E-state index in [-0.39, 0.29) is 17.4 Å². The third-order valence-corrected chi connectivity index (χ3v) is 5.81. The number of rotatable bonds is 8. The van der Waals surface area contributed by atoms with Crippen molar-refractivity contribution in [3.05, 3.63) is 92.9 Å². The fourth-order valence-electron chi connectivity index (χ4n) is 3.27. The maximum absolute atomic E-state index is 13.1. The molecule has 0 aliphatic carbocycles. The number of pyridine rings is 2. The van der Waals surface area contributed by atoms with Crippen LogP contribution in [0.4, 0.5) is 15.8 Å². The van der Waals surface area contributed by atoms with E-state index >= 15 is 0 Å². The lowest BCUT2D eigenvalue weighted by molar-refractivity contribution is 0.397. The zero-order chi connectivity index (χ0) is 27.7. The van der Waals surface area contributed by atoms with E-state index < -0.39 is 5.82 Å². The number of hydrogen-bond acceptors (Lipinski definition) is 8. The lowest BCUT2D eigenvalue weighted by Gasteiger charge is -2.10. The highest BCUT2D eigenvalue weighted by atomic mass is 79.9. The first-order valence-corrected chi connectivity index (χ1v) is 12.5. The molecule has 4 rings (SSSR count). The maximum Gasteiger partial charge on any atom is 0.216 e. The van der Waals surface area contributed by atoms with Crippen LogP contribution in [0.5, 0.6) is 23.3 Å². The molecule has 4 aromatic rings. The molecule has 38 heavy (non-hydrogen) atoms. The fraction of sp³-hybridized carbons (Fsp3) is 0.185. The van der Waals surface area contributed by atoms with Crippen LogP contribution in [0.15, 0.2) is 65.3 Å². The number of phenolic OH excluding ortho intramolecular Hbond substituents is 2. The first-order valence-electron chi connectivity index (χ1n) is 11.3. The zero-order valence-corrected chi connectivity index (χ0v) is 23.3. The van der Waals surface area contributed by atoms with Gasteiger partial charge in [0.25, 0.3) is 0 Å². The Bertz CT molecular complexity index is 1390. The minimum atomic E-state index is -0.403. The van der Waals surface area contributed by atoms with Crippen LogP contribution < -0.4 is 20.1 Å². The van der Waals surface area contributed by atoms with Gasteiger partial charge in [0.15, 0.2) is 0 Å². The largest absolute Gasteiger partial charge is 0.508 e. The molecule has 2 aromatic heterocycles. The van der Waals surface area contributed by atoms with Crippen LogP contribution in [-0.2, 0) is 13.1 Å². The highest BCUT2D eigenvalue weighted by Gasteiger charge is 2.06. The monoisotopic (exact) mass is 604 g/mol. The van der Waals surface area contributed by atoms with Crippen LogP contribution in [0.3, 0.4) is 0 Å². The van der Waals surface area contributed by atoms with Crippen molar-refractivity contribution in [1.29, 1.82) is 0 Å². The van der Waals surface area contributed by atoms with Gasteiger partial charge in [-0.15, -0.1) is 0 Å². The molecule has 0 bridgehead atoms. The summed E-state index contributed by atoms with van der Waals surface area (Å²) < 4.78 is 23.8. The minimum absolute atomic E-state index is 0.0287. The van der Waals surface area contributed by atoms with E-state index in [1.807, 2.05) is 25.1 Å². The molecule has 0 saturated heterocycles. The molecule has 8 nitrogen and oxygen atoms in total. The van der Waals surface area contributed by atoms with Gasteiger partial charge in [-0.3, -0.25) is 0 Å². The number of hydrogen-bond donors (Lipinski definition) is 4. The summed E-state index contributed by atoms with van der Waals surface area (Å²) in [6.07, 6.45) is 0. The van der Waals surface area contributed by atoms with Crippen LogP contribution in [0.1, 0.15) is 16.7 Å². The Kier molecular flexibility index (Phi) is 10.4. The normalized spacial score (nSPS) is 10.3. The smallest absolute Gasteiger partial charge is 0.216 e. The summed E-state index contributed by atoms with van der Waals surface area (Å²) in [6, 6.07) is 16.3. The van der Waals surface area contributed by atoms with Crippen molar-refractivity contribution >= 4 is 38.9 Å². The number of ether oxygens (including phenoxy) is 2. The highest BCUT2D eigenvalue weighted by molar-refractivity contribution is 9.10. The second kappa shape index (κ2) is 13.7. The van der Waals surface area contributed by atoms with Crippen molar-refractivity contribution in [2.45, 2.75) is 20.0 Å². The summed E-state index contributed by atoms with van der Waals surface area (Å²) in [4.78, 5) is 8.07. The fourth-order valence-corrected chi connectivity index (χ4v) is 3.89. The average Bonchev–Trinajstić information content (AvgIpc) is 2.88. The molecule has 0 amide bonds. The molecule has 0 aliphatic heterocycles. The Morgan fingerprint density at radius 1 is 0.816 bits per heavy atom. The van der Waals surface area contributed by atoms with Crippen molar-refractivity contribution < 1.29 is 24.1 Å². The van der Waals surface area contributed by atoms with Gasteiger partial charge in [0.05, 0.1) is 14.2 Å². The number of nitrogens with one attached hydrogen (secondary N) is 2. The first-order chi connectivity index (χ1) is 18.2. The predicted octanol–water partition coefficient (Wildman–Crippen LogP) is 6.68. The quantitative estimate of drug-likeness (QED) is 0.165. The van der Waals surface area contributed by atoms with E-state index in [4.69, 9.17) is 21.1 Å². The van der Waals surface area contributed by atoms with E-state index in [1.165, 1.54) is 25.3 Å². The standard InChI is InChI=1S/C14H15BrN2O2.C13H12ClFN2O2/c1-9-3-4-10(12(18)5-9)8-16-11-6-13(15)17-14(7-11)19-2;1-19-13-6-10(5-12(14)17-13)16-7-8-4-9(15)2-3-11(8)18/h3-7,18H,8H2,1-2H3,(H,16,17);2-6,18H,7H2,1H3,(H,16,17). The number of aromatic hydroxyl groups is 2. The SMILES string of the molecule is COc1cc(NCc2cc(F)ccc2O)cc(Cl)n1.COc1cc(NCc2ccc(C)cc2O)cc(Br)n1. The number of aryl methyl sites for hydroxylation is 1. The maximum atomic E-state index is 13.1. The van der Waals surface area contributed by atoms with Gasteiger partial charge < -0.3 is 30.3 Å². The molecule has 0 unspecified atom stereocenters. The molecule has 0 saturated carbocycles. The Labute approximate surface area is 233 Å². The number of benzene rings is 2. The topological polar surface area (TPSA) is 109 Å². The second-order valence-electron chi connectivity index (χ2n) is 8.05. The van der Waals surface area contributed by atoms with Crippen molar-refractivity contribution in [2.24, 2.45) is 0 Å². The van der Waals surface area contributed by atoms with E-state index in [9.17, 15) is 14.6 Å². The van der Waals surface area contributed by atoms with Crippen LogP contribution in [0.2, 0.25) is 5.15 Å². The van der Waals surface area contributed by atoms with E-state index in [2.05, 4.69) is 36.5 Å². The van der Waals surface area contributed by atoms with Crippen molar-refractivity contribution in [3.8, 4) is 23.3 Å². The van der Waals surface area contributed by atoms with Gasteiger partial charge in [0.2, 0.25) is 11.8 Å². The number of aromatic nitrogens is 2. The molecule has 0 aliphatic rings. The van der Waals surface area contributed by atoms with Crippen molar-refractivity contribution in [2.75, 3.05) is 24.9 Å². The van der Waals surface area contributed by atoms with Crippen molar-refractivity contribution in [3.63, 3.8) is 0 Å². The van der Waals surface area contributed by atoms with Gasteiger partial charge in [-0.25, -0.2) is 14.4 Å². The Hall–Kier alpha value is -3.76. The van der Waals surface area contributed by atoms with Gasteiger partial charge in [0.1, 0.15) is 27.1 Å². The van der Waals surface area contributed by atoms with Gasteiger partial charge in [-0.2, -0.15) is 0 Å². The number of nitrogens with zero attached hydrogens (tertiary/aromatic N) is 2. The van der Waals surface area contributed by atoms with Crippen LogP contribution >= 0.6 is 27.5 Å². The summed E-state index contributed by atoms with van der Waals surface area (Å²) in [5, 5.41) is 26.0. The average molecular weight is 606 g/mol. The third-order valence-electron chi connectivity index (χ3n) is 5.21. The van der Waals surface area contributed by atoms with E-state index in [0.717, 1.165) is 16.8 Å². The molecule has 0 atom stereocenters. The van der Waals surface area contributed by atoms with Gasteiger partial charge >= 0.3 is 0 Å². The van der Waals surface area contributed by atoms with Gasteiger partial charge in [0, 0.05) is 47.7 Å². The molecule has 2 heterocycles. The molecule has 0 radical (unpaired) electrons. The van der Waals surface area contributed by atoms with Crippen LogP contribution in [0, 0.1) is 12.7 Å². The van der Waals surface area contributed by atoms with Gasteiger partial charge in [-0.1, -0.05) is 23.7 Å². The Morgan fingerprint density at radius 3 is 2.11 bits per heavy atom. The lowest BCUT2D eigenvalue weighted by atomic mass is 10.1. The summed E-state index contributed by atoms with van der Waals surface area (Å²) in [5.74, 6) is 0.831. The molecule has 0 spiro atoms. The summed E-state index contributed by atoms with van der Waals surface area (Å²) >= 11 is 9.15. The third kappa shape index (κ3) is 8.67. The number of anilines is 2. The zero-order valence-electron chi connectivity index (χ0n) is 20.9.